The SMILES string of the molecule is CCOC(=O)c1ccccc1NC(=O)CNCCc1ccc(Cl)cc1Cl. The van der Waals surface area contributed by atoms with Gasteiger partial charge in [0.05, 0.1) is 24.4 Å². The molecule has 7 heteroatoms. The van der Waals surface area contributed by atoms with E-state index in [4.69, 9.17) is 27.9 Å². The molecule has 0 aliphatic rings. The van der Waals surface area contributed by atoms with Gasteiger partial charge in [0.2, 0.25) is 5.91 Å². The Morgan fingerprint density at radius 1 is 1.12 bits per heavy atom. The molecule has 0 heterocycles. The highest BCUT2D eigenvalue weighted by atomic mass is 35.5. The van der Waals surface area contributed by atoms with Crippen molar-refractivity contribution in [1.82, 2.24) is 5.32 Å². The van der Waals surface area contributed by atoms with Crippen LogP contribution in [-0.2, 0) is 16.0 Å². The third-order valence-electron chi connectivity index (χ3n) is 3.57. The number of anilines is 1. The van der Waals surface area contributed by atoms with E-state index in [-0.39, 0.29) is 19.1 Å². The second kappa shape index (κ2) is 10.2. The molecular formula is C19H20Cl2N2O3. The number of esters is 1. The molecule has 138 valence electrons. The summed E-state index contributed by atoms with van der Waals surface area (Å²) < 4.78 is 4.99. The van der Waals surface area contributed by atoms with Crippen LogP contribution in [0.4, 0.5) is 5.69 Å². The highest BCUT2D eigenvalue weighted by molar-refractivity contribution is 6.35. The minimum atomic E-state index is -0.464. The largest absolute Gasteiger partial charge is 0.462 e. The fourth-order valence-corrected chi connectivity index (χ4v) is 2.83. The van der Waals surface area contributed by atoms with Gasteiger partial charge in [-0.15, -0.1) is 0 Å². The first-order chi connectivity index (χ1) is 12.5. The summed E-state index contributed by atoms with van der Waals surface area (Å²) in [7, 11) is 0. The van der Waals surface area contributed by atoms with Crippen LogP contribution in [0.1, 0.15) is 22.8 Å². The third kappa shape index (κ3) is 6.02. The summed E-state index contributed by atoms with van der Waals surface area (Å²) in [4.78, 5) is 24.0. The predicted octanol–water partition coefficient (Wildman–Crippen LogP) is 3.94. The van der Waals surface area contributed by atoms with Crippen LogP contribution in [0.3, 0.4) is 0 Å². The summed E-state index contributed by atoms with van der Waals surface area (Å²) in [5, 5.41) is 6.96. The topological polar surface area (TPSA) is 67.4 Å². The maximum atomic E-state index is 12.1. The van der Waals surface area contributed by atoms with Crippen LogP contribution in [-0.4, -0.2) is 31.6 Å². The summed E-state index contributed by atoms with van der Waals surface area (Å²) in [6.45, 7) is 2.70. The number of rotatable bonds is 8. The Morgan fingerprint density at radius 2 is 1.88 bits per heavy atom. The van der Waals surface area contributed by atoms with E-state index >= 15 is 0 Å². The highest BCUT2D eigenvalue weighted by Gasteiger charge is 2.13. The average molecular weight is 395 g/mol. The lowest BCUT2D eigenvalue weighted by atomic mass is 10.1. The summed E-state index contributed by atoms with van der Waals surface area (Å²) in [5.74, 6) is -0.710. The molecule has 0 fully saturated rings. The summed E-state index contributed by atoms with van der Waals surface area (Å²) in [6.07, 6.45) is 0.669. The molecule has 26 heavy (non-hydrogen) atoms. The lowest BCUT2D eigenvalue weighted by molar-refractivity contribution is -0.115. The van der Waals surface area contributed by atoms with Gasteiger partial charge >= 0.3 is 5.97 Å². The molecule has 0 radical (unpaired) electrons. The summed E-state index contributed by atoms with van der Waals surface area (Å²) in [6, 6.07) is 12.1. The Hall–Kier alpha value is -2.08. The summed E-state index contributed by atoms with van der Waals surface area (Å²) in [5.41, 5.74) is 1.71. The molecule has 0 saturated heterocycles. The maximum absolute atomic E-state index is 12.1. The fraction of sp³-hybridized carbons (Fsp3) is 0.263. The van der Waals surface area contributed by atoms with Gasteiger partial charge in [-0.2, -0.15) is 0 Å². The van der Waals surface area contributed by atoms with E-state index < -0.39 is 5.97 Å². The first-order valence-electron chi connectivity index (χ1n) is 8.22. The van der Waals surface area contributed by atoms with Gasteiger partial charge in [0, 0.05) is 10.0 Å². The van der Waals surface area contributed by atoms with E-state index in [0.717, 1.165) is 5.56 Å². The van der Waals surface area contributed by atoms with Gasteiger partial charge in [-0.05, 0) is 49.7 Å². The highest BCUT2D eigenvalue weighted by Crippen LogP contribution is 2.21. The Morgan fingerprint density at radius 3 is 2.62 bits per heavy atom. The van der Waals surface area contributed by atoms with E-state index in [1.165, 1.54) is 0 Å². The molecule has 2 N–H and O–H groups in total. The van der Waals surface area contributed by atoms with Gasteiger partial charge in [-0.3, -0.25) is 4.79 Å². The lowest BCUT2D eigenvalue weighted by Crippen LogP contribution is -2.30. The number of amides is 1. The van der Waals surface area contributed by atoms with Gasteiger partial charge in [-0.25, -0.2) is 4.79 Å². The second-order valence-corrected chi connectivity index (χ2v) is 6.32. The number of benzene rings is 2. The van der Waals surface area contributed by atoms with Crippen LogP contribution >= 0.6 is 23.2 Å². The normalized spacial score (nSPS) is 10.4. The Kier molecular flexibility index (Phi) is 7.91. The van der Waals surface area contributed by atoms with Crippen molar-refractivity contribution in [2.75, 3.05) is 25.0 Å². The number of halogens is 2. The molecule has 0 aliphatic carbocycles. The Balaban J connectivity index is 1.83. The molecule has 2 rings (SSSR count). The molecule has 0 atom stereocenters. The van der Waals surface area contributed by atoms with Crippen molar-refractivity contribution >= 4 is 40.8 Å². The number of carbonyl (C=O) groups excluding carboxylic acids is 2. The standard InChI is InChI=1S/C19H20Cl2N2O3/c1-2-26-19(25)15-5-3-4-6-17(15)23-18(24)12-22-10-9-13-7-8-14(20)11-16(13)21/h3-8,11,22H,2,9-10,12H2,1H3,(H,23,24). The molecule has 0 spiro atoms. The number of hydrogen-bond acceptors (Lipinski definition) is 4. The molecule has 0 saturated carbocycles. The van der Waals surface area contributed by atoms with Gasteiger partial charge in [-0.1, -0.05) is 41.4 Å². The molecule has 1 amide bonds. The predicted molar refractivity (Wildman–Crippen MR) is 104 cm³/mol. The molecule has 0 unspecified atom stereocenters. The second-order valence-electron chi connectivity index (χ2n) is 5.48. The number of carbonyl (C=O) groups is 2. The number of para-hydroxylation sites is 1. The van der Waals surface area contributed by atoms with Crippen molar-refractivity contribution in [1.29, 1.82) is 0 Å². The van der Waals surface area contributed by atoms with Gasteiger partial charge in [0.15, 0.2) is 0 Å². The zero-order valence-corrected chi connectivity index (χ0v) is 15.9. The summed E-state index contributed by atoms with van der Waals surface area (Å²) >= 11 is 12.0. The first-order valence-corrected chi connectivity index (χ1v) is 8.97. The van der Waals surface area contributed by atoms with Crippen LogP contribution < -0.4 is 10.6 Å². The molecule has 0 aromatic heterocycles. The average Bonchev–Trinajstić information content (AvgIpc) is 2.61. The minimum absolute atomic E-state index is 0.113. The molecule has 0 aliphatic heterocycles. The Bertz CT molecular complexity index is 781. The number of ether oxygens (including phenoxy) is 1. The van der Waals surface area contributed by atoms with Crippen molar-refractivity contribution < 1.29 is 14.3 Å². The van der Waals surface area contributed by atoms with Crippen LogP contribution in [0.25, 0.3) is 0 Å². The van der Waals surface area contributed by atoms with Gasteiger partial charge in [0.25, 0.3) is 0 Å². The third-order valence-corrected chi connectivity index (χ3v) is 4.16. The van der Waals surface area contributed by atoms with Gasteiger partial charge in [0.1, 0.15) is 0 Å². The zero-order valence-electron chi connectivity index (χ0n) is 14.4. The van der Waals surface area contributed by atoms with Crippen molar-refractivity contribution in [3.8, 4) is 0 Å². The molecule has 5 nitrogen and oxygen atoms in total. The van der Waals surface area contributed by atoms with E-state index in [2.05, 4.69) is 10.6 Å². The van der Waals surface area contributed by atoms with Crippen LogP contribution in [0.15, 0.2) is 42.5 Å². The van der Waals surface area contributed by atoms with Crippen molar-refractivity contribution in [2.24, 2.45) is 0 Å². The van der Waals surface area contributed by atoms with Crippen LogP contribution in [0.5, 0.6) is 0 Å². The molecular weight excluding hydrogens is 375 g/mol. The monoisotopic (exact) mass is 394 g/mol. The van der Waals surface area contributed by atoms with Crippen LogP contribution in [0.2, 0.25) is 10.0 Å². The smallest absolute Gasteiger partial charge is 0.340 e. The van der Waals surface area contributed by atoms with E-state index in [9.17, 15) is 9.59 Å². The van der Waals surface area contributed by atoms with Crippen LogP contribution in [0, 0.1) is 0 Å². The minimum Gasteiger partial charge on any atom is -0.462 e. The quantitative estimate of drug-likeness (QED) is 0.525. The van der Waals surface area contributed by atoms with E-state index in [0.29, 0.717) is 34.3 Å². The fourth-order valence-electron chi connectivity index (χ4n) is 2.32. The van der Waals surface area contributed by atoms with E-state index in [1.54, 1.807) is 43.3 Å². The van der Waals surface area contributed by atoms with Crippen molar-refractivity contribution in [3.05, 3.63) is 63.6 Å². The van der Waals surface area contributed by atoms with Crippen molar-refractivity contribution in [2.45, 2.75) is 13.3 Å². The molecule has 0 bridgehead atoms. The maximum Gasteiger partial charge on any atom is 0.340 e. The van der Waals surface area contributed by atoms with Gasteiger partial charge < -0.3 is 15.4 Å². The molecule has 2 aromatic rings. The number of nitrogens with one attached hydrogen (secondary N) is 2. The number of hydrogen-bond donors (Lipinski definition) is 2. The van der Waals surface area contributed by atoms with Crippen molar-refractivity contribution in [3.63, 3.8) is 0 Å². The van der Waals surface area contributed by atoms with E-state index in [1.807, 2.05) is 6.07 Å². The Labute approximate surface area is 162 Å². The first kappa shape index (κ1) is 20.2. The lowest BCUT2D eigenvalue weighted by Gasteiger charge is -2.11. The molecule has 2 aromatic carbocycles. The zero-order chi connectivity index (χ0) is 18.9.